The number of hydrogen-bond acceptors (Lipinski definition) is 4. The molecule has 160 valence electrons. The molecule has 0 bridgehead atoms. The van der Waals surface area contributed by atoms with Crippen molar-refractivity contribution in [2.45, 2.75) is 26.3 Å². The predicted octanol–water partition coefficient (Wildman–Crippen LogP) is 3.24. The molecule has 0 aliphatic carbocycles. The van der Waals surface area contributed by atoms with E-state index in [4.69, 9.17) is 0 Å². The number of amides is 3. The number of hydrogen-bond donors (Lipinski definition) is 1. The van der Waals surface area contributed by atoms with E-state index < -0.39 is 0 Å². The zero-order valence-electron chi connectivity index (χ0n) is 17.3. The van der Waals surface area contributed by atoms with Gasteiger partial charge in [0.2, 0.25) is 0 Å². The van der Waals surface area contributed by atoms with E-state index in [1.165, 1.54) is 18.2 Å². The second-order valence-corrected chi connectivity index (χ2v) is 8.03. The van der Waals surface area contributed by atoms with Gasteiger partial charge in [0.1, 0.15) is 11.5 Å². The second kappa shape index (κ2) is 8.71. The Hall–Kier alpha value is -3.48. The number of likely N-dealkylation sites (tertiary alicyclic amines) is 1. The number of nitrogens with zero attached hydrogens (tertiary/aromatic N) is 2. The molecule has 3 amide bonds. The SMILES string of the molecule is CC1CCN(C2=CC(=O)N(c3ccc(C(=O)NCc4ccc(F)cc4)cc3)C2=O)CC1. The monoisotopic (exact) mass is 421 g/mol. The van der Waals surface area contributed by atoms with E-state index in [1.54, 1.807) is 36.4 Å². The molecule has 0 spiro atoms. The van der Waals surface area contributed by atoms with Crippen LogP contribution in [0.4, 0.5) is 10.1 Å². The number of carbonyl (C=O) groups excluding carboxylic acids is 3. The summed E-state index contributed by atoms with van der Waals surface area (Å²) in [4.78, 5) is 40.9. The van der Waals surface area contributed by atoms with Gasteiger partial charge in [0.15, 0.2) is 0 Å². The fourth-order valence-corrected chi connectivity index (χ4v) is 3.83. The lowest BCUT2D eigenvalue weighted by Gasteiger charge is -2.32. The number of benzene rings is 2. The van der Waals surface area contributed by atoms with Gasteiger partial charge in [-0.2, -0.15) is 0 Å². The summed E-state index contributed by atoms with van der Waals surface area (Å²) < 4.78 is 13.0. The Labute approximate surface area is 180 Å². The van der Waals surface area contributed by atoms with Crippen LogP contribution in [0.25, 0.3) is 0 Å². The van der Waals surface area contributed by atoms with Crippen LogP contribution in [-0.2, 0) is 16.1 Å². The Balaban J connectivity index is 1.39. The summed E-state index contributed by atoms with van der Waals surface area (Å²) in [6.45, 7) is 4.00. The van der Waals surface area contributed by atoms with E-state index in [9.17, 15) is 18.8 Å². The van der Waals surface area contributed by atoms with Crippen LogP contribution in [0.3, 0.4) is 0 Å². The number of nitrogens with one attached hydrogen (secondary N) is 1. The maximum absolute atomic E-state index is 13.0. The highest BCUT2D eigenvalue weighted by Gasteiger charge is 2.36. The van der Waals surface area contributed by atoms with Gasteiger partial charge in [0.25, 0.3) is 17.7 Å². The minimum Gasteiger partial charge on any atom is -0.367 e. The Morgan fingerprint density at radius 2 is 1.68 bits per heavy atom. The normalized spacial score (nSPS) is 17.2. The molecule has 1 fully saturated rings. The minimum absolute atomic E-state index is 0.270. The number of anilines is 1. The third kappa shape index (κ3) is 4.50. The maximum atomic E-state index is 13.0. The smallest absolute Gasteiger partial charge is 0.281 e. The third-order valence-corrected chi connectivity index (χ3v) is 5.78. The van der Waals surface area contributed by atoms with E-state index in [2.05, 4.69) is 12.2 Å². The third-order valence-electron chi connectivity index (χ3n) is 5.78. The zero-order valence-corrected chi connectivity index (χ0v) is 17.3. The molecule has 2 aromatic rings. The quantitative estimate of drug-likeness (QED) is 0.753. The van der Waals surface area contributed by atoms with Gasteiger partial charge in [-0.25, -0.2) is 9.29 Å². The van der Waals surface area contributed by atoms with Crippen molar-refractivity contribution in [1.82, 2.24) is 10.2 Å². The van der Waals surface area contributed by atoms with Crippen molar-refractivity contribution in [2.24, 2.45) is 5.92 Å². The molecule has 1 N–H and O–H groups in total. The standard InChI is InChI=1S/C24H24FN3O3/c1-16-10-12-27(13-11-16)21-14-22(29)28(24(21)31)20-8-4-18(5-9-20)23(30)26-15-17-2-6-19(25)7-3-17/h2-9,14,16H,10-13,15H2,1H3,(H,26,30). The molecule has 2 aliphatic heterocycles. The van der Waals surface area contributed by atoms with Gasteiger partial charge in [0, 0.05) is 31.3 Å². The summed E-state index contributed by atoms with van der Waals surface area (Å²) in [6, 6.07) is 12.2. The molecule has 6 nitrogen and oxygen atoms in total. The van der Waals surface area contributed by atoms with Crippen molar-refractivity contribution in [1.29, 1.82) is 0 Å². The fraction of sp³-hybridized carbons (Fsp3) is 0.292. The molecule has 31 heavy (non-hydrogen) atoms. The van der Waals surface area contributed by atoms with Crippen LogP contribution in [0.2, 0.25) is 0 Å². The molecule has 2 aliphatic rings. The molecule has 0 aromatic heterocycles. The maximum Gasteiger partial charge on any atom is 0.281 e. The molecule has 0 unspecified atom stereocenters. The highest BCUT2D eigenvalue weighted by atomic mass is 19.1. The van der Waals surface area contributed by atoms with Gasteiger partial charge in [0.05, 0.1) is 5.69 Å². The van der Waals surface area contributed by atoms with Gasteiger partial charge in [-0.1, -0.05) is 19.1 Å². The van der Waals surface area contributed by atoms with E-state index in [0.717, 1.165) is 36.4 Å². The summed E-state index contributed by atoms with van der Waals surface area (Å²) in [7, 11) is 0. The molecule has 2 aromatic carbocycles. The summed E-state index contributed by atoms with van der Waals surface area (Å²) in [5.41, 5.74) is 2.06. The summed E-state index contributed by atoms with van der Waals surface area (Å²) >= 11 is 0. The first-order chi connectivity index (χ1) is 14.9. The van der Waals surface area contributed by atoms with E-state index in [-0.39, 0.29) is 30.1 Å². The number of halogens is 1. The van der Waals surface area contributed by atoms with Crippen molar-refractivity contribution >= 4 is 23.4 Å². The minimum atomic E-state index is -0.368. The molecule has 0 atom stereocenters. The highest BCUT2D eigenvalue weighted by Crippen LogP contribution is 2.27. The first-order valence-corrected chi connectivity index (χ1v) is 10.4. The van der Waals surface area contributed by atoms with Crippen LogP contribution in [0, 0.1) is 11.7 Å². The molecule has 0 radical (unpaired) electrons. The molecule has 1 saturated heterocycles. The molecule has 4 rings (SSSR count). The second-order valence-electron chi connectivity index (χ2n) is 8.03. The number of rotatable bonds is 5. The Bertz CT molecular complexity index is 1020. The molecular formula is C24H24FN3O3. The Kier molecular flexibility index (Phi) is 5.84. The van der Waals surface area contributed by atoms with Gasteiger partial charge in [-0.15, -0.1) is 0 Å². The Morgan fingerprint density at radius 3 is 2.32 bits per heavy atom. The predicted molar refractivity (Wildman–Crippen MR) is 115 cm³/mol. The average molecular weight is 421 g/mol. The van der Waals surface area contributed by atoms with E-state index >= 15 is 0 Å². The lowest BCUT2D eigenvalue weighted by Crippen LogP contribution is -2.38. The Morgan fingerprint density at radius 1 is 1.03 bits per heavy atom. The van der Waals surface area contributed by atoms with Gasteiger partial charge in [-0.3, -0.25) is 14.4 Å². The molecule has 7 heteroatoms. The average Bonchev–Trinajstić information content (AvgIpc) is 3.07. The van der Waals surface area contributed by atoms with Crippen molar-refractivity contribution < 1.29 is 18.8 Å². The van der Waals surface area contributed by atoms with Crippen LogP contribution in [0.5, 0.6) is 0 Å². The lowest BCUT2D eigenvalue weighted by atomic mass is 9.99. The van der Waals surface area contributed by atoms with Crippen LogP contribution in [0.1, 0.15) is 35.7 Å². The van der Waals surface area contributed by atoms with Crippen LogP contribution >= 0.6 is 0 Å². The zero-order chi connectivity index (χ0) is 22.0. The van der Waals surface area contributed by atoms with Crippen LogP contribution in [-0.4, -0.2) is 35.7 Å². The van der Waals surface area contributed by atoms with E-state index in [1.807, 2.05) is 4.90 Å². The molecular weight excluding hydrogens is 397 g/mol. The summed E-state index contributed by atoms with van der Waals surface area (Å²) in [6.07, 6.45) is 3.41. The molecule has 2 heterocycles. The van der Waals surface area contributed by atoms with Gasteiger partial charge in [-0.05, 0) is 60.7 Å². The summed E-state index contributed by atoms with van der Waals surface area (Å²) in [5.74, 6) is -0.692. The number of imide groups is 1. The summed E-state index contributed by atoms with van der Waals surface area (Å²) in [5, 5.41) is 2.77. The number of piperidine rings is 1. The first-order valence-electron chi connectivity index (χ1n) is 10.4. The first kappa shape index (κ1) is 20.8. The highest BCUT2D eigenvalue weighted by molar-refractivity contribution is 6.30. The van der Waals surface area contributed by atoms with Crippen molar-refractivity contribution in [2.75, 3.05) is 18.0 Å². The van der Waals surface area contributed by atoms with Crippen molar-refractivity contribution in [3.63, 3.8) is 0 Å². The van der Waals surface area contributed by atoms with E-state index in [0.29, 0.717) is 22.9 Å². The lowest BCUT2D eigenvalue weighted by molar-refractivity contribution is -0.121. The number of carbonyl (C=O) groups is 3. The van der Waals surface area contributed by atoms with Crippen molar-refractivity contribution in [3.8, 4) is 0 Å². The fourth-order valence-electron chi connectivity index (χ4n) is 3.83. The van der Waals surface area contributed by atoms with Gasteiger partial charge >= 0.3 is 0 Å². The van der Waals surface area contributed by atoms with Gasteiger partial charge < -0.3 is 10.2 Å². The van der Waals surface area contributed by atoms with Crippen molar-refractivity contribution in [3.05, 3.63) is 77.2 Å². The van der Waals surface area contributed by atoms with Crippen LogP contribution in [0.15, 0.2) is 60.3 Å². The topological polar surface area (TPSA) is 69.7 Å². The van der Waals surface area contributed by atoms with Crippen LogP contribution < -0.4 is 10.2 Å². The largest absolute Gasteiger partial charge is 0.367 e. The molecule has 0 saturated carbocycles.